The molecule has 0 saturated heterocycles. The van der Waals surface area contributed by atoms with Crippen LogP contribution in [0.2, 0.25) is 0 Å². The van der Waals surface area contributed by atoms with Gasteiger partial charge in [-0.15, -0.1) is 6.58 Å². The smallest absolute Gasteiger partial charge is 0.240 e. The molecule has 0 radical (unpaired) electrons. The first kappa shape index (κ1) is 13.3. The number of amides is 1. The van der Waals surface area contributed by atoms with Crippen LogP contribution in [0.15, 0.2) is 35.7 Å². The Morgan fingerprint density at radius 1 is 1.53 bits per heavy atom. The van der Waals surface area contributed by atoms with E-state index in [1.165, 1.54) is 6.08 Å². The summed E-state index contributed by atoms with van der Waals surface area (Å²) in [5.74, 6) is -1.18. The van der Waals surface area contributed by atoms with Crippen LogP contribution in [0.4, 0.5) is 10.1 Å². The highest BCUT2D eigenvalue weighted by molar-refractivity contribution is 7.89. The monoisotopic (exact) mass is 258 g/mol. The Balaban J connectivity index is 3.17. The maximum Gasteiger partial charge on any atom is 0.240 e. The van der Waals surface area contributed by atoms with Gasteiger partial charge in [0.1, 0.15) is 10.7 Å². The number of hydrogen-bond acceptors (Lipinski definition) is 3. The zero-order valence-corrected chi connectivity index (χ0v) is 9.63. The average Bonchev–Trinajstić information content (AvgIpc) is 2.15. The summed E-state index contributed by atoms with van der Waals surface area (Å²) in [6.07, 6.45) is 1.33. The number of carbonyl (C=O) groups excluding carboxylic acids is 1. The lowest BCUT2D eigenvalue weighted by Gasteiger charge is -2.08. The lowest BCUT2D eigenvalue weighted by atomic mass is 10.3. The summed E-state index contributed by atoms with van der Waals surface area (Å²) in [7, 11) is -4.02. The molecule has 7 heteroatoms. The van der Waals surface area contributed by atoms with Crippen molar-refractivity contribution in [2.75, 3.05) is 5.32 Å². The summed E-state index contributed by atoms with van der Waals surface area (Å²) in [6, 6.07) is 2.83. The molecule has 0 unspecified atom stereocenters. The van der Waals surface area contributed by atoms with E-state index in [2.05, 4.69) is 11.9 Å². The van der Waals surface area contributed by atoms with Gasteiger partial charge < -0.3 is 5.32 Å². The van der Waals surface area contributed by atoms with Gasteiger partial charge in [0.05, 0.1) is 5.69 Å². The second-order valence-electron chi connectivity index (χ2n) is 3.23. The van der Waals surface area contributed by atoms with Crippen LogP contribution in [0.3, 0.4) is 0 Å². The molecule has 0 bridgehead atoms. The summed E-state index contributed by atoms with van der Waals surface area (Å²) in [5, 5.41) is 7.19. The van der Waals surface area contributed by atoms with Crippen molar-refractivity contribution in [3.8, 4) is 0 Å². The quantitative estimate of drug-likeness (QED) is 0.789. The van der Waals surface area contributed by atoms with E-state index in [0.29, 0.717) is 0 Å². The van der Waals surface area contributed by atoms with E-state index in [1.54, 1.807) is 0 Å². The van der Waals surface area contributed by atoms with Crippen molar-refractivity contribution in [1.29, 1.82) is 0 Å². The Morgan fingerprint density at radius 3 is 2.71 bits per heavy atom. The second kappa shape index (κ2) is 5.07. The number of nitrogens with one attached hydrogen (secondary N) is 1. The number of halogens is 1. The first-order valence-corrected chi connectivity index (χ1v) is 6.12. The number of hydrogen-bond donors (Lipinski definition) is 2. The maximum absolute atomic E-state index is 13.0. The van der Waals surface area contributed by atoms with Crippen LogP contribution in [0, 0.1) is 5.82 Å². The van der Waals surface area contributed by atoms with E-state index >= 15 is 0 Å². The fraction of sp³-hybridized carbons (Fsp3) is 0.100. The number of anilines is 1. The lowest BCUT2D eigenvalue weighted by Crippen LogP contribution is -2.18. The van der Waals surface area contributed by atoms with Gasteiger partial charge >= 0.3 is 0 Å². The third-order valence-electron chi connectivity index (χ3n) is 1.85. The van der Waals surface area contributed by atoms with Crippen molar-refractivity contribution in [2.24, 2.45) is 5.14 Å². The van der Waals surface area contributed by atoms with Gasteiger partial charge in [-0.2, -0.15) is 0 Å². The predicted octanol–water partition coefficient (Wildman–Crippen LogP) is 0.988. The van der Waals surface area contributed by atoms with Crippen molar-refractivity contribution < 1.29 is 17.6 Å². The molecule has 0 heterocycles. The molecule has 0 atom stereocenters. The van der Waals surface area contributed by atoms with Crippen LogP contribution < -0.4 is 10.5 Å². The molecule has 1 aromatic rings. The van der Waals surface area contributed by atoms with Gasteiger partial charge in [0.15, 0.2) is 0 Å². The van der Waals surface area contributed by atoms with E-state index < -0.39 is 21.7 Å². The minimum absolute atomic E-state index is 0.0133. The minimum Gasteiger partial charge on any atom is -0.325 e. The molecule has 0 fully saturated rings. The van der Waals surface area contributed by atoms with Crippen molar-refractivity contribution in [3.63, 3.8) is 0 Å². The third kappa shape index (κ3) is 3.65. The third-order valence-corrected chi connectivity index (χ3v) is 2.82. The van der Waals surface area contributed by atoms with E-state index in [-0.39, 0.29) is 17.0 Å². The normalized spacial score (nSPS) is 10.9. The molecule has 0 aliphatic carbocycles. The van der Waals surface area contributed by atoms with Crippen LogP contribution in [0.25, 0.3) is 0 Å². The number of sulfonamides is 1. The Bertz CT molecular complexity index is 555. The fourth-order valence-corrected chi connectivity index (χ4v) is 1.85. The van der Waals surface area contributed by atoms with Crippen LogP contribution in [0.1, 0.15) is 6.42 Å². The van der Waals surface area contributed by atoms with Crippen LogP contribution >= 0.6 is 0 Å². The molecule has 1 amide bonds. The molecule has 1 aromatic carbocycles. The average molecular weight is 258 g/mol. The van der Waals surface area contributed by atoms with Crippen molar-refractivity contribution in [1.82, 2.24) is 0 Å². The standard InChI is InChI=1S/C10H11FN2O3S/c1-2-3-10(14)13-8-6-7(11)4-5-9(8)17(12,15)16/h2,4-6H,1,3H2,(H,13,14)(H2,12,15,16). The number of benzene rings is 1. The maximum atomic E-state index is 13.0. The summed E-state index contributed by atoms with van der Waals surface area (Å²) >= 11 is 0. The number of rotatable bonds is 4. The summed E-state index contributed by atoms with van der Waals surface area (Å²) in [4.78, 5) is 10.9. The molecular formula is C10H11FN2O3S. The number of nitrogens with two attached hydrogens (primary N) is 1. The number of carbonyl (C=O) groups is 1. The van der Waals surface area contributed by atoms with Crippen molar-refractivity contribution in [3.05, 3.63) is 36.7 Å². The van der Waals surface area contributed by atoms with Gasteiger partial charge in [0.25, 0.3) is 0 Å². The Morgan fingerprint density at radius 2 is 2.18 bits per heavy atom. The fourth-order valence-electron chi connectivity index (χ4n) is 1.18. The molecular weight excluding hydrogens is 247 g/mol. The van der Waals surface area contributed by atoms with Crippen LogP contribution in [-0.2, 0) is 14.8 Å². The summed E-state index contributed by atoms with van der Waals surface area (Å²) < 4.78 is 35.3. The zero-order chi connectivity index (χ0) is 13.1. The highest BCUT2D eigenvalue weighted by Gasteiger charge is 2.16. The molecule has 0 aromatic heterocycles. The highest BCUT2D eigenvalue weighted by atomic mass is 32.2. The van der Waals surface area contributed by atoms with Gasteiger partial charge in [-0.25, -0.2) is 17.9 Å². The van der Waals surface area contributed by atoms with E-state index in [1.807, 2.05) is 0 Å². The second-order valence-corrected chi connectivity index (χ2v) is 4.76. The van der Waals surface area contributed by atoms with E-state index in [9.17, 15) is 17.6 Å². The first-order valence-electron chi connectivity index (χ1n) is 4.57. The highest BCUT2D eigenvalue weighted by Crippen LogP contribution is 2.21. The predicted molar refractivity (Wildman–Crippen MR) is 61.2 cm³/mol. The molecule has 0 aliphatic heterocycles. The first-order chi connectivity index (χ1) is 7.84. The van der Waals surface area contributed by atoms with E-state index in [0.717, 1.165) is 18.2 Å². The minimum atomic E-state index is -4.02. The van der Waals surface area contributed by atoms with Gasteiger partial charge in [0.2, 0.25) is 15.9 Å². The number of primary sulfonamides is 1. The SMILES string of the molecule is C=CCC(=O)Nc1cc(F)ccc1S(N)(=O)=O. The largest absolute Gasteiger partial charge is 0.325 e. The molecule has 92 valence electrons. The van der Waals surface area contributed by atoms with Crippen molar-refractivity contribution >= 4 is 21.6 Å². The summed E-state index contributed by atoms with van der Waals surface area (Å²) in [6.45, 7) is 3.35. The molecule has 17 heavy (non-hydrogen) atoms. The lowest BCUT2D eigenvalue weighted by molar-refractivity contribution is -0.115. The van der Waals surface area contributed by atoms with Gasteiger partial charge in [-0.05, 0) is 18.2 Å². The van der Waals surface area contributed by atoms with Crippen LogP contribution in [0.5, 0.6) is 0 Å². The molecule has 0 aliphatic rings. The topological polar surface area (TPSA) is 89.3 Å². The molecule has 0 spiro atoms. The summed E-state index contributed by atoms with van der Waals surface area (Å²) in [5.41, 5.74) is -0.181. The zero-order valence-electron chi connectivity index (χ0n) is 8.81. The molecule has 1 rings (SSSR count). The van der Waals surface area contributed by atoms with E-state index in [4.69, 9.17) is 5.14 Å². The Labute approximate surface area is 98.2 Å². The van der Waals surface area contributed by atoms with Crippen LogP contribution in [-0.4, -0.2) is 14.3 Å². The van der Waals surface area contributed by atoms with Gasteiger partial charge in [0, 0.05) is 6.42 Å². The van der Waals surface area contributed by atoms with Gasteiger partial charge in [-0.3, -0.25) is 4.79 Å². The van der Waals surface area contributed by atoms with Crippen molar-refractivity contribution in [2.45, 2.75) is 11.3 Å². The van der Waals surface area contributed by atoms with Gasteiger partial charge in [-0.1, -0.05) is 6.08 Å². The molecule has 0 saturated carbocycles. The Hall–Kier alpha value is -1.73. The molecule has 3 N–H and O–H groups in total. The molecule has 5 nitrogen and oxygen atoms in total. The Kier molecular flexibility index (Phi) is 3.97.